The number of hydrogen-bond acceptors (Lipinski definition) is 9. The highest BCUT2D eigenvalue weighted by Gasteiger charge is 2.23. The van der Waals surface area contributed by atoms with Crippen molar-refractivity contribution in [1.82, 2.24) is 24.8 Å². The zero-order valence-corrected chi connectivity index (χ0v) is 28.4. The van der Waals surface area contributed by atoms with Gasteiger partial charge in [0, 0.05) is 122 Å². The minimum Gasteiger partial charge on any atom is -0.369 e. The van der Waals surface area contributed by atoms with E-state index < -0.39 is 0 Å². The zero-order chi connectivity index (χ0) is 34.5. The minimum atomic E-state index is -0.197. The molecule has 0 radical (unpaired) electrons. The maximum absolute atomic E-state index is 13.3. The van der Waals surface area contributed by atoms with Crippen molar-refractivity contribution in [2.24, 2.45) is 0 Å². The topological polar surface area (TPSA) is 110 Å². The van der Waals surface area contributed by atoms with Gasteiger partial charge in [-0.3, -0.25) is 14.6 Å². The van der Waals surface area contributed by atoms with Gasteiger partial charge in [0.25, 0.3) is 11.8 Å². The fraction of sp³-hybridized carbons (Fsp3) is 0.256. The first-order chi connectivity index (χ1) is 24.4. The summed E-state index contributed by atoms with van der Waals surface area (Å²) in [6.07, 6.45) is 7.01. The van der Waals surface area contributed by atoms with Crippen molar-refractivity contribution in [3.63, 3.8) is 0 Å². The van der Waals surface area contributed by atoms with E-state index in [0.717, 1.165) is 72.9 Å². The second-order valence-corrected chi connectivity index (χ2v) is 12.8. The Balaban J connectivity index is 0.912. The standard InChI is InChI=1S/C39H41N9O2/c1-28-5-10-33(24-36(28)44-39-41-26-32(27-42-39)31-4-3-15-40-25-31)43-37(49)29-6-11-34(12-7-29)47-20-22-48(23-21-47)38(50)30-8-13-35(14-9-30)46-18-16-45(2)17-19-46/h3-15,24-27H,16-23H2,1-2H3,(H,43,49)(H,41,42,44). The summed E-state index contributed by atoms with van der Waals surface area (Å²) in [5.41, 5.74) is 7.77. The Kier molecular flexibility index (Phi) is 9.65. The molecule has 0 atom stereocenters. The number of carbonyl (C=O) groups is 2. The van der Waals surface area contributed by atoms with E-state index in [1.54, 1.807) is 24.8 Å². The van der Waals surface area contributed by atoms with Gasteiger partial charge in [-0.05, 0) is 86.3 Å². The first-order valence-electron chi connectivity index (χ1n) is 17.0. The van der Waals surface area contributed by atoms with E-state index in [9.17, 15) is 9.59 Å². The minimum absolute atomic E-state index is 0.0716. The lowest BCUT2D eigenvalue weighted by molar-refractivity contribution is 0.0746. The van der Waals surface area contributed by atoms with E-state index in [0.29, 0.717) is 30.3 Å². The van der Waals surface area contributed by atoms with Gasteiger partial charge in [-0.25, -0.2) is 9.97 Å². The third kappa shape index (κ3) is 7.58. The Morgan fingerprint density at radius 3 is 1.92 bits per heavy atom. The van der Waals surface area contributed by atoms with E-state index in [-0.39, 0.29) is 11.8 Å². The molecule has 50 heavy (non-hydrogen) atoms. The van der Waals surface area contributed by atoms with Crippen LogP contribution < -0.4 is 20.4 Å². The van der Waals surface area contributed by atoms with E-state index in [4.69, 9.17) is 0 Å². The van der Waals surface area contributed by atoms with Gasteiger partial charge in [-0.1, -0.05) is 12.1 Å². The van der Waals surface area contributed by atoms with Crippen LogP contribution in [0.5, 0.6) is 0 Å². The van der Waals surface area contributed by atoms with Gasteiger partial charge in [0.15, 0.2) is 0 Å². The normalized spacial score (nSPS) is 15.1. The molecule has 2 fully saturated rings. The predicted octanol–water partition coefficient (Wildman–Crippen LogP) is 5.56. The summed E-state index contributed by atoms with van der Waals surface area (Å²) >= 11 is 0. The summed E-state index contributed by atoms with van der Waals surface area (Å²) < 4.78 is 0. The molecule has 0 saturated carbocycles. The number of nitrogens with one attached hydrogen (secondary N) is 2. The number of carbonyl (C=O) groups excluding carboxylic acids is 2. The molecule has 11 heteroatoms. The molecule has 2 aliphatic heterocycles. The number of pyridine rings is 1. The number of rotatable bonds is 8. The van der Waals surface area contributed by atoms with Crippen molar-refractivity contribution in [2.75, 3.05) is 79.8 Å². The van der Waals surface area contributed by atoms with Crippen molar-refractivity contribution >= 4 is 40.5 Å². The lowest BCUT2D eigenvalue weighted by Gasteiger charge is -2.36. The van der Waals surface area contributed by atoms with Crippen LogP contribution in [0.2, 0.25) is 0 Å². The Labute approximate surface area is 292 Å². The van der Waals surface area contributed by atoms with Crippen LogP contribution in [0.15, 0.2) is 104 Å². The Morgan fingerprint density at radius 2 is 1.30 bits per heavy atom. The van der Waals surface area contributed by atoms with E-state index in [1.165, 1.54) is 5.69 Å². The van der Waals surface area contributed by atoms with Crippen LogP contribution in [-0.2, 0) is 0 Å². The molecular formula is C39H41N9O2. The highest BCUT2D eigenvalue weighted by molar-refractivity contribution is 6.04. The molecule has 2 aliphatic rings. The van der Waals surface area contributed by atoms with Crippen LogP contribution in [-0.4, -0.2) is 96.0 Å². The molecular weight excluding hydrogens is 626 g/mol. The van der Waals surface area contributed by atoms with Gasteiger partial charge >= 0.3 is 0 Å². The lowest BCUT2D eigenvalue weighted by atomic mass is 10.1. The average Bonchev–Trinajstić information content (AvgIpc) is 3.17. The van der Waals surface area contributed by atoms with Crippen molar-refractivity contribution in [3.8, 4) is 11.1 Å². The molecule has 0 unspecified atom stereocenters. The molecule has 2 aromatic heterocycles. The number of benzene rings is 3. The highest BCUT2D eigenvalue weighted by Crippen LogP contribution is 2.25. The van der Waals surface area contributed by atoms with E-state index in [2.05, 4.69) is 59.5 Å². The Morgan fingerprint density at radius 1 is 0.680 bits per heavy atom. The number of anilines is 5. The predicted molar refractivity (Wildman–Crippen MR) is 198 cm³/mol. The van der Waals surface area contributed by atoms with E-state index >= 15 is 0 Å². The maximum atomic E-state index is 13.3. The molecule has 254 valence electrons. The molecule has 3 aromatic carbocycles. The number of aromatic nitrogens is 3. The van der Waals surface area contributed by atoms with E-state index in [1.807, 2.05) is 78.6 Å². The first-order valence-corrected chi connectivity index (χ1v) is 17.0. The zero-order valence-electron chi connectivity index (χ0n) is 28.4. The molecule has 0 spiro atoms. The van der Waals surface area contributed by atoms with Crippen LogP contribution in [0.1, 0.15) is 26.3 Å². The van der Waals surface area contributed by atoms with Crippen molar-refractivity contribution in [1.29, 1.82) is 0 Å². The summed E-state index contributed by atoms with van der Waals surface area (Å²) in [5, 5.41) is 6.27. The Bertz CT molecular complexity index is 1920. The number of nitrogens with zero attached hydrogens (tertiary/aromatic N) is 7. The molecule has 2 saturated heterocycles. The molecule has 0 aliphatic carbocycles. The number of hydrogen-bond donors (Lipinski definition) is 2. The summed E-state index contributed by atoms with van der Waals surface area (Å²) in [6.45, 7) is 8.84. The third-order valence-corrected chi connectivity index (χ3v) is 9.43. The number of aryl methyl sites for hydroxylation is 1. The van der Waals surface area contributed by atoms with Crippen molar-refractivity contribution in [3.05, 3.63) is 120 Å². The fourth-order valence-corrected chi connectivity index (χ4v) is 6.29. The van der Waals surface area contributed by atoms with Crippen molar-refractivity contribution < 1.29 is 9.59 Å². The second-order valence-electron chi connectivity index (χ2n) is 12.8. The summed E-state index contributed by atoms with van der Waals surface area (Å²) in [6, 6.07) is 25.2. The lowest BCUT2D eigenvalue weighted by Crippen LogP contribution is -2.48. The molecule has 2 N–H and O–H groups in total. The molecule has 4 heterocycles. The van der Waals surface area contributed by atoms with Crippen LogP contribution in [0.3, 0.4) is 0 Å². The molecule has 5 aromatic rings. The van der Waals surface area contributed by atoms with Gasteiger partial charge in [0.1, 0.15) is 0 Å². The van der Waals surface area contributed by atoms with Crippen LogP contribution in [0.4, 0.5) is 28.7 Å². The SMILES string of the molecule is Cc1ccc(NC(=O)c2ccc(N3CCN(C(=O)c4ccc(N5CCN(C)CC5)cc4)CC3)cc2)cc1Nc1ncc(-c2cccnc2)cn1. The van der Waals surface area contributed by atoms with Crippen LogP contribution >= 0.6 is 0 Å². The van der Waals surface area contributed by atoms with Crippen LogP contribution in [0, 0.1) is 6.92 Å². The largest absolute Gasteiger partial charge is 0.369 e. The summed E-state index contributed by atoms with van der Waals surface area (Å²) in [4.78, 5) is 48.4. The summed E-state index contributed by atoms with van der Waals surface area (Å²) in [5.74, 6) is 0.334. The van der Waals surface area contributed by atoms with Gasteiger partial charge in [-0.2, -0.15) is 0 Å². The highest BCUT2D eigenvalue weighted by atomic mass is 16.2. The molecule has 7 rings (SSSR count). The third-order valence-electron chi connectivity index (χ3n) is 9.43. The van der Waals surface area contributed by atoms with Gasteiger partial charge < -0.3 is 30.2 Å². The number of piperazine rings is 2. The monoisotopic (exact) mass is 667 g/mol. The molecule has 0 bridgehead atoms. The number of amides is 2. The average molecular weight is 668 g/mol. The molecule has 11 nitrogen and oxygen atoms in total. The first kappa shape index (κ1) is 32.7. The summed E-state index contributed by atoms with van der Waals surface area (Å²) in [7, 11) is 2.15. The smallest absolute Gasteiger partial charge is 0.255 e. The fourth-order valence-electron chi connectivity index (χ4n) is 6.29. The van der Waals surface area contributed by atoms with Crippen LogP contribution in [0.25, 0.3) is 11.1 Å². The van der Waals surface area contributed by atoms with Gasteiger partial charge in [0.2, 0.25) is 5.95 Å². The second kappa shape index (κ2) is 14.8. The number of likely N-dealkylation sites (N-methyl/N-ethyl adjacent to an activating group) is 1. The Hall–Kier alpha value is -5.81. The maximum Gasteiger partial charge on any atom is 0.255 e. The van der Waals surface area contributed by atoms with Gasteiger partial charge in [-0.15, -0.1) is 0 Å². The quantitative estimate of drug-likeness (QED) is 0.220. The van der Waals surface area contributed by atoms with Crippen molar-refractivity contribution in [2.45, 2.75) is 6.92 Å². The molecule has 2 amide bonds. The van der Waals surface area contributed by atoms with Gasteiger partial charge in [0.05, 0.1) is 0 Å².